The second-order valence-corrected chi connectivity index (χ2v) is 4.29. The maximum atomic E-state index is 6.13. The van der Waals surface area contributed by atoms with Crippen molar-refractivity contribution >= 4 is 11.6 Å². The van der Waals surface area contributed by atoms with Gasteiger partial charge in [-0.25, -0.2) is 5.43 Å². The minimum atomic E-state index is -0.191. The van der Waals surface area contributed by atoms with Crippen molar-refractivity contribution in [2.45, 2.75) is 13.0 Å². The van der Waals surface area contributed by atoms with Crippen LogP contribution in [0.1, 0.15) is 22.9 Å². The van der Waals surface area contributed by atoms with Crippen molar-refractivity contribution in [2.75, 3.05) is 0 Å². The van der Waals surface area contributed by atoms with Crippen LogP contribution >= 0.6 is 11.6 Å². The van der Waals surface area contributed by atoms with E-state index in [4.69, 9.17) is 17.4 Å². The predicted molar refractivity (Wildman–Crippen MR) is 69.6 cm³/mol. The van der Waals surface area contributed by atoms with Crippen LogP contribution in [0.3, 0.4) is 0 Å². The number of hydrogen-bond acceptors (Lipinski definition) is 3. The fourth-order valence-corrected chi connectivity index (χ4v) is 2.02. The third-order valence-electron chi connectivity index (χ3n) is 2.60. The number of aryl methyl sites for hydroxylation is 1. The van der Waals surface area contributed by atoms with Crippen molar-refractivity contribution in [3.05, 3.63) is 64.4 Å². The molecule has 17 heavy (non-hydrogen) atoms. The molecule has 1 unspecified atom stereocenters. The van der Waals surface area contributed by atoms with Crippen LogP contribution in [0.4, 0.5) is 0 Å². The molecule has 0 bridgehead atoms. The summed E-state index contributed by atoms with van der Waals surface area (Å²) in [7, 11) is 0. The first-order valence-corrected chi connectivity index (χ1v) is 5.73. The molecule has 0 spiro atoms. The first-order valence-electron chi connectivity index (χ1n) is 5.35. The topological polar surface area (TPSA) is 50.9 Å². The number of hydrazine groups is 1. The van der Waals surface area contributed by atoms with E-state index in [1.54, 1.807) is 12.3 Å². The molecule has 1 aromatic carbocycles. The van der Waals surface area contributed by atoms with Gasteiger partial charge < -0.3 is 0 Å². The lowest BCUT2D eigenvalue weighted by Crippen LogP contribution is -2.29. The number of aromatic nitrogens is 1. The van der Waals surface area contributed by atoms with E-state index in [1.807, 2.05) is 31.2 Å². The Morgan fingerprint density at radius 1 is 1.29 bits per heavy atom. The number of hydrogen-bond donors (Lipinski definition) is 2. The number of nitrogens with zero attached hydrogens (tertiary/aromatic N) is 1. The highest BCUT2D eigenvalue weighted by atomic mass is 35.5. The first-order chi connectivity index (χ1) is 8.22. The Morgan fingerprint density at radius 2 is 2.12 bits per heavy atom. The Hall–Kier alpha value is -1.42. The van der Waals surface area contributed by atoms with Crippen LogP contribution in [0.2, 0.25) is 5.02 Å². The third kappa shape index (κ3) is 2.64. The number of nitrogens with two attached hydrogens (primary N) is 1. The number of benzene rings is 1. The van der Waals surface area contributed by atoms with E-state index in [0.29, 0.717) is 5.02 Å². The molecule has 0 aliphatic heterocycles. The molecular weight excluding hydrogens is 234 g/mol. The van der Waals surface area contributed by atoms with E-state index in [1.165, 1.54) is 5.56 Å². The molecule has 1 atom stereocenters. The number of pyridine rings is 1. The first kappa shape index (κ1) is 12.0. The summed E-state index contributed by atoms with van der Waals surface area (Å²) in [5.41, 5.74) is 5.72. The van der Waals surface area contributed by atoms with E-state index in [9.17, 15) is 0 Å². The molecule has 2 aromatic rings. The zero-order valence-electron chi connectivity index (χ0n) is 9.52. The Morgan fingerprint density at radius 3 is 2.76 bits per heavy atom. The molecule has 2 rings (SSSR count). The summed E-state index contributed by atoms with van der Waals surface area (Å²) in [6.45, 7) is 2.04. The zero-order valence-corrected chi connectivity index (χ0v) is 10.3. The fraction of sp³-hybridized carbons (Fsp3) is 0.154. The van der Waals surface area contributed by atoms with Crippen molar-refractivity contribution in [1.82, 2.24) is 10.4 Å². The summed E-state index contributed by atoms with van der Waals surface area (Å²) in [5.74, 6) is 5.61. The highest BCUT2D eigenvalue weighted by Crippen LogP contribution is 2.25. The second kappa shape index (κ2) is 5.27. The monoisotopic (exact) mass is 247 g/mol. The standard InChI is InChI=1S/C13H14ClN3/c1-9-4-2-5-10(8-9)12(17-15)13-11(14)6-3-7-16-13/h2-8,12,17H,15H2,1H3. The normalized spacial score (nSPS) is 12.4. The lowest BCUT2D eigenvalue weighted by atomic mass is 10.0. The average Bonchev–Trinajstić information content (AvgIpc) is 2.33. The van der Waals surface area contributed by atoms with Crippen LogP contribution in [0.15, 0.2) is 42.6 Å². The van der Waals surface area contributed by atoms with Crippen LogP contribution < -0.4 is 11.3 Å². The molecule has 0 aliphatic rings. The van der Waals surface area contributed by atoms with E-state index >= 15 is 0 Å². The summed E-state index contributed by atoms with van der Waals surface area (Å²) in [5, 5.41) is 0.608. The molecule has 0 saturated carbocycles. The number of nitrogens with one attached hydrogen (secondary N) is 1. The van der Waals surface area contributed by atoms with Gasteiger partial charge in [-0.3, -0.25) is 10.8 Å². The Labute approximate surface area is 106 Å². The smallest absolute Gasteiger partial charge is 0.0896 e. The molecular formula is C13H14ClN3. The summed E-state index contributed by atoms with van der Waals surface area (Å²) in [6.07, 6.45) is 1.71. The summed E-state index contributed by atoms with van der Waals surface area (Å²) >= 11 is 6.13. The Bertz CT molecular complexity index is 514. The molecule has 0 fully saturated rings. The quantitative estimate of drug-likeness (QED) is 0.648. The van der Waals surface area contributed by atoms with Gasteiger partial charge in [0.15, 0.2) is 0 Å². The van der Waals surface area contributed by atoms with Crippen molar-refractivity contribution in [2.24, 2.45) is 5.84 Å². The van der Waals surface area contributed by atoms with Crippen LogP contribution in [0.25, 0.3) is 0 Å². The molecule has 0 amide bonds. The number of halogens is 1. The SMILES string of the molecule is Cc1cccc(C(NN)c2ncccc2Cl)c1. The van der Waals surface area contributed by atoms with Crippen molar-refractivity contribution in [3.8, 4) is 0 Å². The molecule has 3 N–H and O–H groups in total. The van der Waals surface area contributed by atoms with Gasteiger partial charge in [-0.05, 0) is 24.6 Å². The molecule has 3 nitrogen and oxygen atoms in total. The summed E-state index contributed by atoms with van der Waals surface area (Å²) < 4.78 is 0. The largest absolute Gasteiger partial charge is 0.271 e. The highest BCUT2D eigenvalue weighted by Gasteiger charge is 2.16. The lowest BCUT2D eigenvalue weighted by molar-refractivity contribution is 0.620. The van der Waals surface area contributed by atoms with Gasteiger partial charge >= 0.3 is 0 Å². The molecule has 1 heterocycles. The third-order valence-corrected chi connectivity index (χ3v) is 2.92. The van der Waals surface area contributed by atoms with E-state index in [2.05, 4.69) is 16.5 Å². The van der Waals surface area contributed by atoms with Crippen LogP contribution in [0, 0.1) is 6.92 Å². The van der Waals surface area contributed by atoms with Crippen LogP contribution in [0.5, 0.6) is 0 Å². The lowest BCUT2D eigenvalue weighted by Gasteiger charge is -2.17. The minimum absolute atomic E-state index is 0.191. The van der Waals surface area contributed by atoms with Gasteiger partial charge in [0.2, 0.25) is 0 Å². The van der Waals surface area contributed by atoms with E-state index < -0.39 is 0 Å². The molecule has 88 valence electrons. The molecule has 0 aliphatic carbocycles. The van der Waals surface area contributed by atoms with Crippen LogP contribution in [-0.4, -0.2) is 4.98 Å². The molecule has 0 radical (unpaired) electrons. The van der Waals surface area contributed by atoms with Gasteiger partial charge in [-0.15, -0.1) is 0 Å². The zero-order chi connectivity index (χ0) is 12.3. The fourth-order valence-electron chi connectivity index (χ4n) is 1.79. The molecule has 1 aromatic heterocycles. The highest BCUT2D eigenvalue weighted by molar-refractivity contribution is 6.31. The molecule has 0 saturated heterocycles. The summed E-state index contributed by atoms with van der Waals surface area (Å²) in [4.78, 5) is 4.28. The van der Waals surface area contributed by atoms with Crippen molar-refractivity contribution < 1.29 is 0 Å². The second-order valence-electron chi connectivity index (χ2n) is 3.88. The Balaban J connectivity index is 2.44. The average molecular weight is 248 g/mol. The van der Waals surface area contributed by atoms with Crippen molar-refractivity contribution in [3.63, 3.8) is 0 Å². The predicted octanol–water partition coefficient (Wildman–Crippen LogP) is 2.60. The van der Waals surface area contributed by atoms with Gasteiger partial charge in [-0.2, -0.15) is 0 Å². The minimum Gasteiger partial charge on any atom is -0.271 e. The number of rotatable bonds is 3. The van der Waals surface area contributed by atoms with Gasteiger partial charge in [0.25, 0.3) is 0 Å². The van der Waals surface area contributed by atoms with E-state index in [-0.39, 0.29) is 6.04 Å². The maximum absolute atomic E-state index is 6.13. The van der Waals surface area contributed by atoms with Gasteiger partial charge in [0.1, 0.15) is 0 Å². The van der Waals surface area contributed by atoms with Gasteiger partial charge in [0, 0.05) is 6.20 Å². The Kier molecular flexibility index (Phi) is 3.74. The molecule has 4 heteroatoms. The van der Waals surface area contributed by atoms with Gasteiger partial charge in [0.05, 0.1) is 16.8 Å². The van der Waals surface area contributed by atoms with Crippen molar-refractivity contribution in [1.29, 1.82) is 0 Å². The summed E-state index contributed by atoms with van der Waals surface area (Å²) in [6, 6.07) is 11.5. The van der Waals surface area contributed by atoms with Gasteiger partial charge in [-0.1, -0.05) is 41.4 Å². The van der Waals surface area contributed by atoms with Crippen LogP contribution in [-0.2, 0) is 0 Å². The maximum Gasteiger partial charge on any atom is 0.0896 e. The van der Waals surface area contributed by atoms with E-state index in [0.717, 1.165) is 11.3 Å².